The van der Waals surface area contributed by atoms with Gasteiger partial charge in [0.15, 0.2) is 0 Å². The molecule has 0 unspecified atom stereocenters. The molecule has 0 radical (unpaired) electrons. The highest BCUT2D eigenvalue weighted by molar-refractivity contribution is 5.84. The maximum absolute atomic E-state index is 12.1. The molecule has 108 valence electrons. The molecule has 1 aromatic rings. The molecular weight excluding hydrogens is 260 g/mol. The summed E-state index contributed by atoms with van der Waals surface area (Å²) in [4.78, 5) is 24.4. The lowest BCUT2D eigenvalue weighted by Gasteiger charge is -2.21. The lowest BCUT2D eigenvalue weighted by atomic mass is 10.1. The largest absolute Gasteiger partial charge is 0.480 e. The van der Waals surface area contributed by atoms with Gasteiger partial charge in [0.25, 0.3) is 0 Å². The normalized spacial score (nSPS) is 21.9. The van der Waals surface area contributed by atoms with Crippen molar-refractivity contribution in [2.45, 2.75) is 31.4 Å². The zero-order chi connectivity index (χ0) is 14.7. The van der Waals surface area contributed by atoms with Crippen molar-refractivity contribution in [2.24, 2.45) is 0 Å². The number of likely N-dealkylation sites (tertiary alicyclic amines) is 1. The molecule has 1 aliphatic rings. The van der Waals surface area contributed by atoms with Gasteiger partial charge in [0.2, 0.25) is 5.91 Å². The van der Waals surface area contributed by atoms with Crippen LogP contribution in [0, 0.1) is 0 Å². The molecule has 4 N–H and O–H groups in total. The standard InChI is InChI=1S/C14H18N2O4/c15-10-4-1-9(2-5-10)3-6-13(18)16-8-11(17)7-12(16)14(19)20/h1-2,4-5,11-12,17H,3,6-8,15H2,(H,19,20)/t11-,12+/m1/s1. The number of nitrogens with zero attached hydrogens (tertiary/aromatic N) is 1. The fraction of sp³-hybridized carbons (Fsp3) is 0.429. The Morgan fingerprint density at radius 2 is 1.95 bits per heavy atom. The summed E-state index contributed by atoms with van der Waals surface area (Å²) in [6.45, 7) is 0.0948. The molecule has 1 aromatic carbocycles. The fourth-order valence-corrected chi connectivity index (χ4v) is 2.40. The van der Waals surface area contributed by atoms with Gasteiger partial charge >= 0.3 is 5.97 Å². The van der Waals surface area contributed by atoms with E-state index in [2.05, 4.69) is 0 Å². The number of amides is 1. The summed E-state index contributed by atoms with van der Waals surface area (Å²) in [6.07, 6.45) is 0.0954. The molecule has 0 saturated carbocycles. The second kappa shape index (κ2) is 5.92. The molecule has 20 heavy (non-hydrogen) atoms. The van der Waals surface area contributed by atoms with Crippen LogP contribution >= 0.6 is 0 Å². The van der Waals surface area contributed by atoms with Gasteiger partial charge in [0.1, 0.15) is 6.04 Å². The molecule has 2 rings (SSSR count). The molecule has 2 atom stereocenters. The Bertz CT molecular complexity index is 500. The maximum Gasteiger partial charge on any atom is 0.326 e. The number of aliphatic hydroxyl groups excluding tert-OH is 1. The highest BCUT2D eigenvalue weighted by Crippen LogP contribution is 2.20. The van der Waals surface area contributed by atoms with Crippen molar-refractivity contribution < 1.29 is 19.8 Å². The van der Waals surface area contributed by atoms with Crippen LogP contribution in [0.1, 0.15) is 18.4 Å². The summed E-state index contributed by atoms with van der Waals surface area (Å²) in [5.74, 6) is -1.31. The molecular formula is C14H18N2O4. The number of β-amino-alcohol motifs (C(OH)–C–C–N with tert-alkyl or cyclic N) is 1. The molecule has 0 aromatic heterocycles. The van der Waals surface area contributed by atoms with Crippen molar-refractivity contribution in [2.75, 3.05) is 12.3 Å². The van der Waals surface area contributed by atoms with Gasteiger partial charge in [-0.2, -0.15) is 0 Å². The van der Waals surface area contributed by atoms with Crippen LogP contribution in [-0.4, -0.2) is 45.7 Å². The number of aliphatic hydroxyl groups is 1. The third-order valence-corrected chi connectivity index (χ3v) is 3.49. The average Bonchev–Trinajstić information content (AvgIpc) is 2.80. The van der Waals surface area contributed by atoms with E-state index in [0.717, 1.165) is 5.56 Å². The third kappa shape index (κ3) is 3.27. The first kappa shape index (κ1) is 14.3. The highest BCUT2D eigenvalue weighted by atomic mass is 16.4. The number of carboxylic acids is 1. The monoisotopic (exact) mass is 278 g/mol. The summed E-state index contributed by atoms with van der Waals surface area (Å²) in [6, 6.07) is 6.30. The van der Waals surface area contributed by atoms with Crippen LogP contribution in [0.15, 0.2) is 24.3 Å². The van der Waals surface area contributed by atoms with E-state index in [1.165, 1.54) is 4.90 Å². The molecule has 1 fully saturated rings. The quantitative estimate of drug-likeness (QED) is 0.685. The van der Waals surface area contributed by atoms with E-state index in [9.17, 15) is 14.7 Å². The second-order valence-corrected chi connectivity index (χ2v) is 5.03. The van der Waals surface area contributed by atoms with Crippen LogP contribution in [0.25, 0.3) is 0 Å². The Morgan fingerprint density at radius 1 is 1.30 bits per heavy atom. The number of rotatable bonds is 4. The van der Waals surface area contributed by atoms with Gasteiger partial charge in [-0.05, 0) is 24.1 Å². The maximum atomic E-state index is 12.1. The Hall–Kier alpha value is -2.08. The van der Waals surface area contributed by atoms with Crippen LogP contribution in [0.4, 0.5) is 5.69 Å². The minimum Gasteiger partial charge on any atom is -0.480 e. The van der Waals surface area contributed by atoms with E-state index >= 15 is 0 Å². The van der Waals surface area contributed by atoms with Crippen LogP contribution in [0.3, 0.4) is 0 Å². The number of aryl methyl sites for hydroxylation is 1. The van der Waals surface area contributed by atoms with Gasteiger partial charge in [-0.25, -0.2) is 4.79 Å². The van der Waals surface area contributed by atoms with Gasteiger partial charge in [0.05, 0.1) is 6.10 Å². The molecule has 1 saturated heterocycles. The number of hydrogen-bond acceptors (Lipinski definition) is 4. The number of carbonyl (C=O) groups excluding carboxylic acids is 1. The number of benzene rings is 1. The topological polar surface area (TPSA) is 104 Å². The molecule has 1 amide bonds. The summed E-state index contributed by atoms with van der Waals surface area (Å²) in [5, 5.41) is 18.6. The minimum atomic E-state index is -1.07. The van der Waals surface area contributed by atoms with Gasteiger partial charge in [0, 0.05) is 25.1 Å². The zero-order valence-corrected chi connectivity index (χ0v) is 11.0. The second-order valence-electron chi connectivity index (χ2n) is 5.03. The number of nitrogen functional groups attached to an aromatic ring is 1. The number of anilines is 1. The van der Waals surface area contributed by atoms with Crippen LogP contribution in [-0.2, 0) is 16.0 Å². The minimum absolute atomic E-state index is 0.0948. The van der Waals surface area contributed by atoms with E-state index in [0.29, 0.717) is 12.1 Å². The predicted molar refractivity (Wildman–Crippen MR) is 72.9 cm³/mol. The lowest BCUT2D eigenvalue weighted by Crippen LogP contribution is -2.40. The number of hydrogen-bond donors (Lipinski definition) is 3. The van der Waals surface area contributed by atoms with Gasteiger partial charge in [-0.1, -0.05) is 12.1 Å². The molecule has 0 spiro atoms. The van der Waals surface area contributed by atoms with E-state index in [1.807, 2.05) is 12.1 Å². The smallest absolute Gasteiger partial charge is 0.326 e. The Balaban J connectivity index is 1.94. The van der Waals surface area contributed by atoms with Crippen molar-refractivity contribution in [1.29, 1.82) is 0 Å². The Morgan fingerprint density at radius 3 is 2.55 bits per heavy atom. The van der Waals surface area contributed by atoms with Crippen molar-refractivity contribution in [1.82, 2.24) is 4.90 Å². The van der Waals surface area contributed by atoms with Crippen molar-refractivity contribution in [3.05, 3.63) is 29.8 Å². The molecule has 1 heterocycles. The third-order valence-electron chi connectivity index (χ3n) is 3.49. The summed E-state index contributed by atoms with van der Waals surface area (Å²) in [7, 11) is 0. The molecule has 1 aliphatic heterocycles. The van der Waals surface area contributed by atoms with Crippen molar-refractivity contribution in [3.8, 4) is 0 Å². The van der Waals surface area contributed by atoms with E-state index in [-0.39, 0.29) is 25.3 Å². The number of aliphatic carboxylic acids is 1. The predicted octanol–water partition coefficient (Wildman–Crippen LogP) is 0.248. The fourth-order valence-electron chi connectivity index (χ4n) is 2.40. The average molecular weight is 278 g/mol. The van der Waals surface area contributed by atoms with Crippen molar-refractivity contribution >= 4 is 17.6 Å². The van der Waals surface area contributed by atoms with Gasteiger partial charge in [-0.3, -0.25) is 4.79 Å². The Labute approximate surface area is 116 Å². The summed E-state index contributed by atoms with van der Waals surface area (Å²) < 4.78 is 0. The molecule has 0 bridgehead atoms. The summed E-state index contributed by atoms with van der Waals surface area (Å²) in [5.41, 5.74) is 7.21. The molecule has 6 nitrogen and oxygen atoms in total. The summed E-state index contributed by atoms with van der Waals surface area (Å²) >= 11 is 0. The first-order valence-corrected chi connectivity index (χ1v) is 6.52. The first-order chi connectivity index (χ1) is 9.47. The number of nitrogens with two attached hydrogens (primary N) is 1. The van der Waals surface area contributed by atoms with Crippen LogP contribution in [0.5, 0.6) is 0 Å². The highest BCUT2D eigenvalue weighted by Gasteiger charge is 2.38. The van der Waals surface area contributed by atoms with Gasteiger partial charge < -0.3 is 20.8 Å². The molecule has 6 heteroatoms. The van der Waals surface area contributed by atoms with Crippen LogP contribution < -0.4 is 5.73 Å². The van der Waals surface area contributed by atoms with E-state index in [4.69, 9.17) is 10.8 Å². The van der Waals surface area contributed by atoms with Gasteiger partial charge in [-0.15, -0.1) is 0 Å². The van der Waals surface area contributed by atoms with E-state index < -0.39 is 18.1 Å². The van der Waals surface area contributed by atoms with E-state index in [1.54, 1.807) is 12.1 Å². The SMILES string of the molecule is Nc1ccc(CCC(=O)N2C[C@H](O)C[C@H]2C(=O)O)cc1. The Kier molecular flexibility index (Phi) is 4.24. The molecule has 0 aliphatic carbocycles. The number of carbonyl (C=O) groups is 2. The van der Waals surface area contributed by atoms with Crippen molar-refractivity contribution in [3.63, 3.8) is 0 Å². The lowest BCUT2D eigenvalue weighted by molar-refractivity contribution is -0.148. The zero-order valence-electron chi connectivity index (χ0n) is 11.0. The first-order valence-electron chi connectivity index (χ1n) is 6.52. The van der Waals surface area contributed by atoms with Crippen LogP contribution in [0.2, 0.25) is 0 Å². The number of carboxylic acid groups (broad SMARTS) is 1.